The number of hydrogen-bond donors (Lipinski definition) is 2. The van der Waals surface area contributed by atoms with Gasteiger partial charge in [0.2, 0.25) is 0 Å². The van der Waals surface area contributed by atoms with Gasteiger partial charge in [-0.25, -0.2) is 8.42 Å². The molecule has 1 aromatic heterocycles. The number of nitrogens with one attached hydrogen (secondary N) is 2. The quantitative estimate of drug-likeness (QED) is 0.693. The minimum atomic E-state index is -4.90. The van der Waals surface area contributed by atoms with Crippen molar-refractivity contribution in [3.05, 3.63) is 45.0 Å². The van der Waals surface area contributed by atoms with E-state index in [0.29, 0.717) is 5.69 Å². The number of nitrogens with zero attached hydrogens (tertiary/aromatic N) is 1. The Morgan fingerprint density at radius 1 is 1.27 bits per heavy atom. The number of ether oxygens (including phenoxy) is 1. The molecule has 2 aromatic rings. The van der Waals surface area contributed by atoms with Crippen LogP contribution in [0.25, 0.3) is 0 Å². The lowest BCUT2D eigenvalue weighted by atomic mass is 10.3. The summed E-state index contributed by atoms with van der Waals surface area (Å²) in [4.78, 5) is 24.3. The van der Waals surface area contributed by atoms with E-state index in [1.165, 1.54) is 0 Å². The number of aromatic nitrogens is 1. The van der Waals surface area contributed by atoms with E-state index in [1.807, 2.05) is 5.43 Å². The highest BCUT2D eigenvalue weighted by Crippen LogP contribution is 2.23. The molecular formula is C13H12F3N3O5S2. The number of benzene rings is 1. The van der Waals surface area contributed by atoms with Crippen LogP contribution in [-0.2, 0) is 21.4 Å². The summed E-state index contributed by atoms with van der Waals surface area (Å²) in [7, 11) is -4.22. The molecule has 13 heteroatoms. The molecule has 142 valence electrons. The summed E-state index contributed by atoms with van der Waals surface area (Å²) >= 11 is 0.895. The maximum atomic E-state index is 12.1. The predicted octanol–water partition coefficient (Wildman–Crippen LogP) is 1.13. The zero-order valence-electron chi connectivity index (χ0n) is 13.0. The van der Waals surface area contributed by atoms with Crippen LogP contribution < -0.4 is 19.9 Å². The minimum absolute atomic E-state index is 0.374. The Morgan fingerprint density at radius 3 is 2.38 bits per heavy atom. The van der Waals surface area contributed by atoms with Crippen LogP contribution in [0.15, 0.2) is 39.3 Å². The van der Waals surface area contributed by atoms with Crippen molar-refractivity contribution in [3.8, 4) is 5.75 Å². The summed E-state index contributed by atoms with van der Waals surface area (Å²) in [5.41, 5.74) is 2.46. The van der Waals surface area contributed by atoms with Gasteiger partial charge in [-0.05, 0) is 31.2 Å². The molecule has 0 bridgehead atoms. The number of carbonyl (C=O) groups excluding carboxylic acids is 1. The zero-order valence-corrected chi connectivity index (χ0v) is 14.7. The number of carbonyl (C=O) groups is 1. The van der Waals surface area contributed by atoms with E-state index in [-0.39, 0.29) is 4.87 Å². The fourth-order valence-corrected chi connectivity index (χ4v) is 3.38. The number of alkyl halides is 3. The number of hydrazine groups is 1. The lowest BCUT2D eigenvalue weighted by molar-refractivity contribution is -0.274. The van der Waals surface area contributed by atoms with E-state index in [4.69, 9.17) is 0 Å². The average Bonchev–Trinajstić information content (AvgIpc) is 2.84. The van der Waals surface area contributed by atoms with Gasteiger partial charge in [0.15, 0.2) is 0 Å². The lowest BCUT2D eigenvalue weighted by Gasteiger charge is -2.11. The molecule has 0 saturated carbocycles. The second kappa shape index (κ2) is 7.47. The average molecular weight is 411 g/mol. The first kappa shape index (κ1) is 19.9. The largest absolute Gasteiger partial charge is 0.573 e. The number of thiazole rings is 1. The van der Waals surface area contributed by atoms with Crippen LogP contribution in [0, 0.1) is 6.92 Å². The molecule has 1 amide bonds. The van der Waals surface area contributed by atoms with Crippen LogP contribution in [0.5, 0.6) is 5.75 Å². The zero-order chi connectivity index (χ0) is 19.5. The van der Waals surface area contributed by atoms with Crippen molar-refractivity contribution in [1.29, 1.82) is 0 Å². The van der Waals surface area contributed by atoms with Gasteiger partial charge in [0.25, 0.3) is 15.9 Å². The maximum Gasteiger partial charge on any atom is 0.573 e. The molecule has 26 heavy (non-hydrogen) atoms. The van der Waals surface area contributed by atoms with Crippen LogP contribution in [0.4, 0.5) is 13.2 Å². The van der Waals surface area contributed by atoms with Gasteiger partial charge in [-0.1, -0.05) is 11.3 Å². The van der Waals surface area contributed by atoms with Crippen molar-refractivity contribution in [3.63, 3.8) is 0 Å². The van der Waals surface area contributed by atoms with Crippen molar-refractivity contribution in [2.45, 2.75) is 24.7 Å². The molecule has 0 spiro atoms. The third-order valence-electron chi connectivity index (χ3n) is 2.97. The molecule has 0 atom stereocenters. The minimum Gasteiger partial charge on any atom is -0.406 e. The summed E-state index contributed by atoms with van der Waals surface area (Å²) in [5, 5.41) is 1.55. The van der Waals surface area contributed by atoms with Crippen LogP contribution in [0.2, 0.25) is 0 Å². The van der Waals surface area contributed by atoms with Crippen LogP contribution in [0.3, 0.4) is 0 Å². The molecule has 8 nitrogen and oxygen atoms in total. The molecule has 0 aliphatic carbocycles. The molecule has 1 aromatic carbocycles. The van der Waals surface area contributed by atoms with Crippen LogP contribution in [-0.4, -0.2) is 25.3 Å². The van der Waals surface area contributed by atoms with Crippen LogP contribution in [0.1, 0.15) is 5.69 Å². The fraction of sp³-hybridized carbons (Fsp3) is 0.231. The first-order valence-electron chi connectivity index (χ1n) is 6.79. The highest BCUT2D eigenvalue weighted by atomic mass is 32.2. The van der Waals surface area contributed by atoms with Crippen molar-refractivity contribution in [2.75, 3.05) is 0 Å². The molecule has 0 aliphatic heterocycles. The standard InChI is InChI=1S/C13H12F3N3O5S2/c1-8-7-25-12(21)19(8)6-11(20)17-18-26(22,23)10-4-2-9(3-5-10)24-13(14,15)16/h2-5,7,18H,6H2,1H3,(H,17,20). The summed E-state index contributed by atoms with van der Waals surface area (Å²) in [6.45, 7) is 1.22. The molecule has 2 rings (SSSR count). The molecule has 0 fully saturated rings. The highest BCUT2D eigenvalue weighted by Gasteiger charge is 2.31. The van der Waals surface area contributed by atoms with E-state index >= 15 is 0 Å². The molecule has 0 saturated heterocycles. The van der Waals surface area contributed by atoms with Gasteiger partial charge in [-0.15, -0.1) is 18.0 Å². The summed E-state index contributed by atoms with van der Waals surface area (Å²) in [5.74, 6) is -1.39. The molecule has 0 radical (unpaired) electrons. The third kappa shape index (κ3) is 5.31. The van der Waals surface area contributed by atoms with E-state index in [9.17, 15) is 31.2 Å². The second-order valence-corrected chi connectivity index (χ2v) is 7.41. The van der Waals surface area contributed by atoms with Crippen molar-refractivity contribution < 1.29 is 31.1 Å². The molecule has 0 unspecified atom stereocenters. The number of sulfonamides is 1. The van der Waals surface area contributed by atoms with Gasteiger partial charge < -0.3 is 4.74 Å². The Kier molecular flexibility index (Phi) is 5.73. The Hall–Kier alpha value is -2.38. The van der Waals surface area contributed by atoms with Crippen molar-refractivity contribution in [1.82, 2.24) is 14.8 Å². The van der Waals surface area contributed by atoms with Gasteiger partial charge in [-0.2, -0.15) is 0 Å². The fourth-order valence-electron chi connectivity index (χ4n) is 1.78. The molecule has 0 aliphatic rings. The van der Waals surface area contributed by atoms with Crippen LogP contribution >= 0.6 is 11.3 Å². The lowest BCUT2D eigenvalue weighted by Crippen LogP contribution is -2.43. The Balaban J connectivity index is 2.00. The van der Waals surface area contributed by atoms with Gasteiger partial charge in [0, 0.05) is 11.1 Å². The molecule has 2 N–H and O–H groups in total. The van der Waals surface area contributed by atoms with Gasteiger partial charge in [0.05, 0.1) is 4.90 Å². The Labute approximate surface area is 149 Å². The van der Waals surface area contributed by atoms with Crippen molar-refractivity contribution >= 4 is 27.3 Å². The third-order valence-corrected chi connectivity index (χ3v) is 5.12. The second-order valence-electron chi connectivity index (χ2n) is 4.90. The van der Waals surface area contributed by atoms with Gasteiger partial charge >= 0.3 is 11.2 Å². The maximum absolute atomic E-state index is 12.1. The highest BCUT2D eigenvalue weighted by molar-refractivity contribution is 7.89. The molecule has 1 heterocycles. The van der Waals surface area contributed by atoms with Gasteiger partial charge in [0.1, 0.15) is 12.3 Å². The number of rotatable bonds is 6. The van der Waals surface area contributed by atoms with E-state index < -0.39 is 39.5 Å². The van der Waals surface area contributed by atoms with E-state index in [0.717, 1.165) is 40.2 Å². The Bertz CT molecular complexity index is 949. The van der Waals surface area contributed by atoms with Crippen molar-refractivity contribution in [2.24, 2.45) is 0 Å². The predicted molar refractivity (Wildman–Crippen MR) is 84.9 cm³/mol. The first-order valence-corrected chi connectivity index (χ1v) is 9.15. The first-order chi connectivity index (χ1) is 12.0. The summed E-state index contributed by atoms with van der Waals surface area (Å²) < 4.78 is 65.0. The molecular weight excluding hydrogens is 399 g/mol. The summed E-state index contributed by atoms with van der Waals surface area (Å²) in [6.07, 6.45) is -4.90. The Morgan fingerprint density at radius 2 is 1.88 bits per heavy atom. The topological polar surface area (TPSA) is 107 Å². The number of hydrogen-bond acceptors (Lipinski definition) is 6. The normalized spacial score (nSPS) is 12.0. The number of amides is 1. The number of aryl methyl sites for hydroxylation is 1. The monoisotopic (exact) mass is 411 g/mol. The number of halogens is 3. The summed E-state index contributed by atoms with van der Waals surface area (Å²) in [6, 6.07) is 3.39. The SMILES string of the molecule is Cc1csc(=O)n1CC(=O)NNS(=O)(=O)c1ccc(OC(F)(F)F)cc1. The van der Waals surface area contributed by atoms with E-state index in [2.05, 4.69) is 4.74 Å². The smallest absolute Gasteiger partial charge is 0.406 e. The van der Waals surface area contributed by atoms with Gasteiger partial charge in [-0.3, -0.25) is 19.6 Å². The van der Waals surface area contributed by atoms with E-state index in [1.54, 1.807) is 17.1 Å².